The topological polar surface area (TPSA) is 111 Å². The van der Waals surface area contributed by atoms with Crippen LogP contribution in [0.1, 0.15) is 56.2 Å². The zero-order valence-corrected chi connectivity index (χ0v) is 23.3. The molecule has 0 spiro atoms. The Morgan fingerprint density at radius 3 is 2.43 bits per heavy atom. The summed E-state index contributed by atoms with van der Waals surface area (Å²) in [7, 11) is 1.14. The maximum absolute atomic E-state index is 14.3. The summed E-state index contributed by atoms with van der Waals surface area (Å²) in [5.41, 5.74) is -0.854. The number of hydrogen-bond acceptors (Lipinski definition) is 6. The highest BCUT2D eigenvalue weighted by molar-refractivity contribution is 6.01. The Labute approximate surface area is 241 Å². The molecule has 42 heavy (non-hydrogen) atoms. The molecule has 0 aromatic heterocycles. The van der Waals surface area contributed by atoms with Crippen molar-refractivity contribution in [1.82, 2.24) is 20.4 Å². The number of benzene rings is 2. The number of nitrogens with zero attached hydrogens (tertiary/aromatic N) is 2. The van der Waals surface area contributed by atoms with Gasteiger partial charge in [0.15, 0.2) is 11.6 Å². The highest BCUT2D eigenvalue weighted by atomic mass is 19.2. The zero-order valence-electron chi connectivity index (χ0n) is 23.3. The van der Waals surface area contributed by atoms with Gasteiger partial charge in [-0.15, -0.1) is 0 Å². The largest absolute Gasteiger partial charge is 0.466 e. The smallest absolute Gasteiger partial charge is 0.337 e. The maximum atomic E-state index is 14.3. The Hall–Kier alpha value is -3.90. The van der Waals surface area contributed by atoms with Gasteiger partial charge in [0.05, 0.1) is 18.3 Å². The van der Waals surface area contributed by atoms with Crippen LogP contribution in [0.5, 0.6) is 0 Å². The summed E-state index contributed by atoms with van der Waals surface area (Å²) < 4.78 is 47.2. The fraction of sp³-hybridized carbons (Fsp3) is 0.433. The summed E-state index contributed by atoms with van der Waals surface area (Å²) in [5.74, 6) is -3.57. The number of allylic oxidation sites excluding steroid dienone is 1. The van der Waals surface area contributed by atoms with Crippen molar-refractivity contribution in [2.45, 2.75) is 62.8 Å². The number of carbonyl (C=O) groups excluding carboxylic acids is 3. The average Bonchev–Trinajstić information content (AvgIpc) is 3.42. The number of hydrogen-bond donors (Lipinski definition) is 3. The lowest BCUT2D eigenvalue weighted by Gasteiger charge is -2.40. The molecule has 1 aliphatic carbocycles. The fourth-order valence-corrected chi connectivity index (χ4v) is 6.36. The van der Waals surface area contributed by atoms with Crippen molar-refractivity contribution >= 4 is 18.0 Å². The van der Waals surface area contributed by atoms with Gasteiger partial charge in [-0.25, -0.2) is 32.5 Å². The van der Waals surface area contributed by atoms with E-state index in [9.17, 15) is 32.7 Å². The van der Waals surface area contributed by atoms with E-state index in [1.807, 2.05) is 0 Å². The van der Waals surface area contributed by atoms with E-state index in [2.05, 4.69) is 15.5 Å². The summed E-state index contributed by atoms with van der Waals surface area (Å²) in [6, 6.07) is 5.98. The van der Waals surface area contributed by atoms with Crippen LogP contribution >= 0.6 is 0 Å². The second-order valence-electron chi connectivity index (χ2n) is 11.1. The number of halogens is 3. The second kappa shape index (κ2) is 11.8. The molecule has 4 amide bonds. The summed E-state index contributed by atoms with van der Waals surface area (Å²) in [5, 5.41) is 16.5. The number of carbonyl (C=O) groups is 3. The molecular formula is C30H33F3N4O5. The first kappa shape index (κ1) is 29.6. The van der Waals surface area contributed by atoms with Crippen LogP contribution in [0.25, 0.3) is 0 Å². The Morgan fingerprint density at radius 1 is 1.05 bits per heavy atom. The molecule has 1 saturated carbocycles. The Morgan fingerprint density at radius 2 is 1.76 bits per heavy atom. The zero-order chi connectivity index (χ0) is 30.2. The SMILES string of the molecule is COC(=O)C1=C(C)NC(=O)N(C(=O)N[C@@H]2CCN(C3CCC(O)(c4ccccc4F)CC3)C2)[C@H]1c1ccc(F)c(F)c1. The molecule has 2 aromatic carbocycles. The summed E-state index contributed by atoms with van der Waals surface area (Å²) in [6.45, 7) is 2.61. The molecule has 2 fully saturated rings. The number of ether oxygens (including phenoxy) is 1. The molecule has 5 rings (SSSR count). The van der Waals surface area contributed by atoms with Gasteiger partial charge in [-0.2, -0.15) is 0 Å². The molecule has 2 aliphatic heterocycles. The highest BCUT2D eigenvalue weighted by Gasteiger charge is 2.44. The highest BCUT2D eigenvalue weighted by Crippen LogP contribution is 2.40. The summed E-state index contributed by atoms with van der Waals surface area (Å²) >= 11 is 0. The van der Waals surface area contributed by atoms with E-state index in [0.29, 0.717) is 50.8 Å². The van der Waals surface area contributed by atoms with Crippen LogP contribution in [-0.4, -0.2) is 65.2 Å². The molecular weight excluding hydrogens is 553 g/mol. The van der Waals surface area contributed by atoms with Crippen LogP contribution in [-0.2, 0) is 15.1 Å². The third-order valence-electron chi connectivity index (χ3n) is 8.55. The first-order chi connectivity index (χ1) is 20.0. The number of esters is 1. The number of methoxy groups -OCH3 is 1. The van der Waals surface area contributed by atoms with Crippen LogP contribution in [0.2, 0.25) is 0 Å². The molecule has 1 saturated heterocycles. The number of rotatable bonds is 5. The predicted molar refractivity (Wildman–Crippen MR) is 145 cm³/mol. The number of nitrogens with one attached hydrogen (secondary N) is 2. The molecule has 3 aliphatic rings. The molecule has 2 aromatic rings. The van der Waals surface area contributed by atoms with E-state index in [1.54, 1.807) is 18.2 Å². The summed E-state index contributed by atoms with van der Waals surface area (Å²) in [6.07, 6.45) is 2.68. The normalized spacial score (nSPS) is 26.7. The van der Waals surface area contributed by atoms with Crippen molar-refractivity contribution in [1.29, 1.82) is 0 Å². The minimum Gasteiger partial charge on any atom is -0.466 e. The first-order valence-corrected chi connectivity index (χ1v) is 13.9. The number of aliphatic hydroxyl groups is 1. The average molecular weight is 587 g/mol. The monoisotopic (exact) mass is 586 g/mol. The van der Waals surface area contributed by atoms with Crippen LogP contribution in [0.4, 0.5) is 22.8 Å². The number of likely N-dealkylation sites (tertiary alicyclic amines) is 1. The van der Waals surface area contributed by atoms with Gasteiger partial charge < -0.3 is 20.5 Å². The van der Waals surface area contributed by atoms with Gasteiger partial charge >= 0.3 is 18.0 Å². The molecule has 0 radical (unpaired) electrons. The van der Waals surface area contributed by atoms with Gasteiger partial charge in [0, 0.05) is 36.4 Å². The molecule has 2 heterocycles. The van der Waals surface area contributed by atoms with Gasteiger partial charge in [-0.3, -0.25) is 4.90 Å². The van der Waals surface area contributed by atoms with E-state index in [-0.39, 0.29) is 28.9 Å². The quantitative estimate of drug-likeness (QED) is 0.453. The Kier molecular flexibility index (Phi) is 8.29. The van der Waals surface area contributed by atoms with Gasteiger partial charge in [-0.1, -0.05) is 24.3 Å². The fourth-order valence-electron chi connectivity index (χ4n) is 6.36. The predicted octanol–water partition coefficient (Wildman–Crippen LogP) is 4.23. The van der Waals surface area contributed by atoms with Crippen LogP contribution < -0.4 is 10.6 Å². The van der Waals surface area contributed by atoms with Crippen LogP contribution in [0.3, 0.4) is 0 Å². The lowest BCUT2D eigenvalue weighted by atomic mass is 9.77. The van der Waals surface area contributed by atoms with Gasteiger partial charge in [0.1, 0.15) is 11.9 Å². The Bertz CT molecular complexity index is 1430. The number of amides is 4. The van der Waals surface area contributed by atoms with Crippen LogP contribution in [0.15, 0.2) is 53.7 Å². The Balaban J connectivity index is 1.28. The van der Waals surface area contributed by atoms with Gasteiger partial charge in [-0.05, 0) is 62.8 Å². The third kappa shape index (κ3) is 5.60. The first-order valence-electron chi connectivity index (χ1n) is 13.9. The standard InChI is InChI=1S/C30H33F3N4O5/c1-17-25(27(38)42-2)26(18-7-8-23(32)24(33)15-18)37(28(39)34-17)29(40)35-19-11-14-36(16-19)20-9-12-30(41,13-10-20)21-5-3-4-6-22(21)31/h3-8,15,19-20,26,41H,9-14,16H2,1-2H3,(H,34,39)(H,35,40)/t19-,20?,26+,30?/m1/s1. The molecule has 0 unspecified atom stereocenters. The number of urea groups is 2. The van der Waals surface area contributed by atoms with E-state index >= 15 is 0 Å². The van der Waals surface area contributed by atoms with Crippen molar-refractivity contribution < 1.29 is 37.4 Å². The van der Waals surface area contributed by atoms with Gasteiger partial charge in [0.2, 0.25) is 0 Å². The maximum Gasteiger partial charge on any atom is 0.337 e. The van der Waals surface area contributed by atoms with Crippen molar-refractivity contribution in [3.05, 3.63) is 82.3 Å². The molecule has 12 heteroatoms. The van der Waals surface area contributed by atoms with E-state index in [0.717, 1.165) is 24.1 Å². The van der Waals surface area contributed by atoms with E-state index in [4.69, 9.17) is 4.74 Å². The lowest BCUT2D eigenvalue weighted by Crippen LogP contribution is -2.56. The van der Waals surface area contributed by atoms with Crippen LogP contribution in [0, 0.1) is 17.5 Å². The minimum absolute atomic E-state index is 0.0243. The van der Waals surface area contributed by atoms with Crippen molar-refractivity contribution in [3.63, 3.8) is 0 Å². The molecule has 0 bridgehead atoms. The second-order valence-corrected chi connectivity index (χ2v) is 11.1. The number of imide groups is 1. The molecule has 2 atom stereocenters. The van der Waals surface area contributed by atoms with E-state index in [1.165, 1.54) is 19.1 Å². The molecule has 224 valence electrons. The summed E-state index contributed by atoms with van der Waals surface area (Å²) in [4.78, 5) is 42.3. The van der Waals surface area contributed by atoms with Gasteiger partial charge in [0.25, 0.3) is 0 Å². The van der Waals surface area contributed by atoms with E-state index < -0.39 is 47.1 Å². The molecule has 9 nitrogen and oxygen atoms in total. The van der Waals surface area contributed by atoms with Crippen molar-refractivity contribution in [2.24, 2.45) is 0 Å². The minimum atomic E-state index is -1.35. The van der Waals surface area contributed by atoms with Crippen molar-refractivity contribution in [2.75, 3.05) is 20.2 Å². The molecule has 3 N–H and O–H groups in total. The lowest BCUT2D eigenvalue weighted by molar-refractivity contribution is -0.136. The third-order valence-corrected chi connectivity index (χ3v) is 8.55. The van der Waals surface area contributed by atoms with Crippen molar-refractivity contribution in [3.8, 4) is 0 Å².